The Bertz CT molecular complexity index is 726. The largest absolute Gasteiger partial charge is 0.462 e. The van der Waals surface area contributed by atoms with Crippen LogP contribution >= 0.6 is 0 Å². The van der Waals surface area contributed by atoms with E-state index in [9.17, 15) is 4.79 Å². The summed E-state index contributed by atoms with van der Waals surface area (Å²) in [6.07, 6.45) is 1.68. The number of hydrazone groups is 1. The van der Waals surface area contributed by atoms with E-state index in [4.69, 9.17) is 14.2 Å². The summed E-state index contributed by atoms with van der Waals surface area (Å²) < 4.78 is 15.5. The van der Waals surface area contributed by atoms with Gasteiger partial charge in [0.05, 0.1) is 24.1 Å². The van der Waals surface area contributed by atoms with E-state index in [1.54, 1.807) is 37.4 Å². The van der Waals surface area contributed by atoms with Crippen LogP contribution in [0.3, 0.4) is 0 Å². The predicted molar refractivity (Wildman–Crippen MR) is 86.2 cm³/mol. The second-order valence-electron chi connectivity index (χ2n) is 4.78. The zero-order chi connectivity index (χ0) is 16.1. The molecule has 0 saturated carbocycles. The van der Waals surface area contributed by atoms with E-state index < -0.39 is 0 Å². The molecular weight excluding hydrogens is 296 g/mol. The highest BCUT2D eigenvalue weighted by Crippen LogP contribution is 2.31. The van der Waals surface area contributed by atoms with Gasteiger partial charge in [0.25, 0.3) is 0 Å². The quantitative estimate of drug-likeness (QED) is 0.522. The lowest BCUT2D eigenvalue weighted by Crippen LogP contribution is -2.04. The molecule has 6 nitrogen and oxygen atoms in total. The minimum Gasteiger partial charge on any atom is -0.462 e. The second kappa shape index (κ2) is 6.83. The number of nitrogens with zero attached hydrogens (tertiary/aromatic N) is 1. The first kappa shape index (κ1) is 14.9. The topological polar surface area (TPSA) is 69.2 Å². The van der Waals surface area contributed by atoms with Crippen LogP contribution in [0.2, 0.25) is 0 Å². The molecule has 3 rings (SSSR count). The molecule has 0 bridgehead atoms. The number of nitrogens with one attached hydrogen (secondary N) is 1. The Morgan fingerprint density at radius 2 is 2.00 bits per heavy atom. The van der Waals surface area contributed by atoms with Crippen LogP contribution in [0.25, 0.3) is 0 Å². The molecule has 1 heterocycles. The average Bonchev–Trinajstić information content (AvgIpc) is 3.03. The second-order valence-corrected chi connectivity index (χ2v) is 4.78. The van der Waals surface area contributed by atoms with Crippen LogP contribution in [-0.4, -0.2) is 25.6 Å². The van der Waals surface area contributed by atoms with Crippen molar-refractivity contribution in [3.8, 4) is 11.5 Å². The van der Waals surface area contributed by atoms with Gasteiger partial charge in [-0.1, -0.05) is 0 Å². The zero-order valence-electron chi connectivity index (χ0n) is 12.6. The molecule has 0 aliphatic carbocycles. The predicted octanol–water partition coefficient (Wildman–Crippen LogP) is 3.04. The van der Waals surface area contributed by atoms with Gasteiger partial charge >= 0.3 is 5.97 Å². The summed E-state index contributed by atoms with van der Waals surface area (Å²) in [6, 6.07) is 12.5. The average molecular weight is 312 g/mol. The van der Waals surface area contributed by atoms with Crippen molar-refractivity contribution >= 4 is 17.9 Å². The third kappa shape index (κ3) is 3.60. The number of carbonyl (C=O) groups excluding carboxylic acids is 1. The van der Waals surface area contributed by atoms with Gasteiger partial charge in [0.2, 0.25) is 6.79 Å². The summed E-state index contributed by atoms with van der Waals surface area (Å²) in [6.45, 7) is 2.39. The molecule has 2 aromatic rings. The molecule has 0 amide bonds. The number of hydrogen-bond donors (Lipinski definition) is 1. The van der Waals surface area contributed by atoms with Gasteiger partial charge in [-0.2, -0.15) is 5.10 Å². The first-order valence-corrected chi connectivity index (χ1v) is 7.22. The number of benzene rings is 2. The SMILES string of the molecule is CCOC(=O)c1ccc(N/N=C/c2ccc3c(c2)OCO3)cc1. The first-order valence-electron chi connectivity index (χ1n) is 7.22. The lowest BCUT2D eigenvalue weighted by molar-refractivity contribution is 0.0526. The highest BCUT2D eigenvalue weighted by atomic mass is 16.7. The number of esters is 1. The summed E-state index contributed by atoms with van der Waals surface area (Å²) in [5, 5.41) is 4.16. The molecule has 0 radical (unpaired) electrons. The Morgan fingerprint density at radius 3 is 2.78 bits per heavy atom. The van der Waals surface area contributed by atoms with Crippen LogP contribution in [0.4, 0.5) is 5.69 Å². The van der Waals surface area contributed by atoms with Gasteiger partial charge in [-0.15, -0.1) is 0 Å². The molecule has 118 valence electrons. The molecule has 1 aliphatic heterocycles. The van der Waals surface area contributed by atoms with Crippen molar-refractivity contribution in [2.75, 3.05) is 18.8 Å². The van der Waals surface area contributed by atoms with Crippen molar-refractivity contribution in [3.05, 3.63) is 53.6 Å². The number of fused-ring (bicyclic) bond motifs is 1. The number of rotatable bonds is 5. The van der Waals surface area contributed by atoms with Gasteiger partial charge in [0.1, 0.15) is 0 Å². The van der Waals surface area contributed by atoms with Crippen molar-refractivity contribution in [2.45, 2.75) is 6.92 Å². The lowest BCUT2D eigenvalue weighted by Gasteiger charge is -2.03. The van der Waals surface area contributed by atoms with Gasteiger partial charge in [-0.25, -0.2) is 4.79 Å². The highest BCUT2D eigenvalue weighted by molar-refractivity contribution is 5.89. The molecule has 0 unspecified atom stereocenters. The monoisotopic (exact) mass is 312 g/mol. The molecule has 1 aliphatic rings. The Morgan fingerprint density at radius 1 is 1.22 bits per heavy atom. The minimum absolute atomic E-state index is 0.251. The number of ether oxygens (including phenoxy) is 3. The molecule has 0 aromatic heterocycles. The van der Waals surface area contributed by atoms with E-state index >= 15 is 0 Å². The van der Waals surface area contributed by atoms with Gasteiger partial charge in [0, 0.05) is 0 Å². The smallest absolute Gasteiger partial charge is 0.338 e. The summed E-state index contributed by atoms with van der Waals surface area (Å²) in [7, 11) is 0. The Balaban J connectivity index is 1.60. The Labute approximate surface area is 133 Å². The number of carbonyl (C=O) groups is 1. The van der Waals surface area contributed by atoms with Gasteiger partial charge in [-0.3, -0.25) is 5.43 Å². The normalized spacial score (nSPS) is 12.4. The zero-order valence-corrected chi connectivity index (χ0v) is 12.6. The lowest BCUT2D eigenvalue weighted by atomic mass is 10.2. The van der Waals surface area contributed by atoms with Crippen LogP contribution in [0.5, 0.6) is 11.5 Å². The van der Waals surface area contributed by atoms with E-state index in [0.717, 1.165) is 17.0 Å². The highest BCUT2D eigenvalue weighted by Gasteiger charge is 2.12. The fraction of sp³-hybridized carbons (Fsp3) is 0.176. The standard InChI is InChI=1S/C17H16N2O4/c1-2-21-17(20)13-4-6-14(7-5-13)19-18-10-12-3-8-15-16(9-12)23-11-22-15/h3-10,19H,2,11H2,1H3/b18-10+. The summed E-state index contributed by atoms with van der Waals surface area (Å²) in [4.78, 5) is 11.6. The van der Waals surface area contributed by atoms with Crippen LogP contribution in [0.15, 0.2) is 47.6 Å². The van der Waals surface area contributed by atoms with Crippen molar-refractivity contribution in [2.24, 2.45) is 5.10 Å². The van der Waals surface area contributed by atoms with Gasteiger partial charge < -0.3 is 14.2 Å². The minimum atomic E-state index is -0.331. The maximum atomic E-state index is 11.6. The number of anilines is 1. The molecule has 6 heteroatoms. The fourth-order valence-corrected chi connectivity index (χ4v) is 2.07. The molecule has 0 spiro atoms. The molecule has 0 atom stereocenters. The van der Waals surface area contributed by atoms with E-state index in [-0.39, 0.29) is 12.8 Å². The Kier molecular flexibility index (Phi) is 4.42. The van der Waals surface area contributed by atoms with E-state index in [1.807, 2.05) is 18.2 Å². The van der Waals surface area contributed by atoms with Gasteiger partial charge in [-0.05, 0) is 55.0 Å². The van der Waals surface area contributed by atoms with Crippen molar-refractivity contribution < 1.29 is 19.0 Å². The maximum absolute atomic E-state index is 11.6. The maximum Gasteiger partial charge on any atom is 0.338 e. The molecule has 1 N–H and O–H groups in total. The molecule has 23 heavy (non-hydrogen) atoms. The fourth-order valence-electron chi connectivity index (χ4n) is 2.07. The van der Waals surface area contributed by atoms with Crippen LogP contribution in [0, 0.1) is 0 Å². The van der Waals surface area contributed by atoms with Crippen LogP contribution in [0.1, 0.15) is 22.8 Å². The van der Waals surface area contributed by atoms with E-state index in [1.165, 1.54) is 0 Å². The van der Waals surface area contributed by atoms with Crippen molar-refractivity contribution in [1.82, 2.24) is 0 Å². The van der Waals surface area contributed by atoms with Crippen LogP contribution in [-0.2, 0) is 4.74 Å². The summed E-state index contributed by atoms with van der Waals surface area (Å²) in [5.74, 6) is 1.13. The Hall–Kier alpha value is -3.02. The molecule has 2 aromatic carbocycles. The third-order valence-corrected chi connectivity index (χ3v) is 3.20. The summed E-state index contributed by atoms with van der Waals surface area (Å²) in [5.41, 5.74) is 5.08. The first-order chi connectivity index (χ1) is 11.3. The van der Waals surface area contributed by atoms with Crippen molar-refractivity contribution in [1.29, 1.82) is 0 Å². The van der Waals surface area contributed by atoms with Crippen LogP contribution < -0.4 is 14.9 Å². The van der Waals surface area contributed by atoms with E-state index in [2.05, 4.69) is 10.5 Å². The molecule has 0 fully saturated rings. The molecule has 0 saturated heterocycles. The third-order valence-electron chi connectivity index (χ3n) is 3.20. The summed E-state index contributed by atoms with van der Waals surface area (Å²) >= 11 is 0. The van der Waals surface area contributed by atoms with E-state index in [0.29, 0.717) is 17.9 Å². The number of hydrogen-bond acceptors (Lipinski definition) is 6. The molecular formula is C17H16N2O4. The van der Waals surface area contributed by atoms with Gasteiger partial charge in [0.15, 0.2) is 11.5 Å². The van der Waals surface area contributed by atoms with Crippen molar-refractivity contribution in [3.63, 3.8) is 0 Å².